The number of nitrogens with two attached hydrogens (primary N) is 1. The van der Waals surface area contributed by atoms with E-state index in [-0.39, 0.29) is 0 Å². The molecular formula is C12H18N2O2. The number of amides is 1. The third-order valence-electron chi connectivity index (χ3n) is 2.34. The van der Waals surface area contributed by atoms with Crippen LogP contribution in [0.5, 0.6) is 0 Å². The zero-order chi connectivity index (χ0) is 12.0. The van der Waals surface area contributed by atoms with E-state index in [1.54, 1.807) is 6.92 Å². The SMILES string of the molecule is CCNC(=O)C(O)[C@@H](N)Cc1ccccc1. The van der Waals surface area contributed by atoms with Crippen LogP contribution in [-0.4, -0.2) is 29.7 Å². The second kappa shape index (κ2) is 6.25. The molecule has 1 amide bonds. The highest BCUT2D eigenvalue weighted by Gasteiger charge is 2.22. The Morgan fingerprint density at radius 2 is 2.06 bits per heavy atom. The molecule has 1 rings (SSSR count). The van der Waals surface area contributed by atoms with Gasteiger partial charge in [0.15, 0.2) is 0 Å². The van der Waals surface area contributed by atoms with Gasteiger partial charge < -0.3 is 16.2 Å². The zero-order valence-corrected chi connectivity index (χ0v) is 9.39. The molecule has 0 saturated heterocycles. The fraction of sp³-hybridized carbons (Fsp3) is 0.417. The van der Waals surface area contributed by atoms with Gasteiger partial charge in [-0.1, -0.05) is 30.3 Å². The maximum absolute atomic E-state index is 11.3. The third-order valence-corrected chi connectivity index (χ3v) is 2.34. The summed E-state index contributed by atoms with van der Waals surface area (Å²) in [6.45, 7) is 2.29. The number of aliphatic hydroxyl groups is 1. The average molecular weight is 222 g/mol. The molecule has 1 aromatic rings. The summed E-state index contributed by atoms with van der Waals surface area (Å²) in [5, 5.41) is 12.2. The minimum Gasteiger partial charge on any atom is -0.382 e. The van der Waals surface area contributed by atoms with E-state index in [9.17, 15) is 9.90 Å². The van der Waals surface area contributed by atoms with Crippen LogP contribution < -0.4 is 11.1 Å². The molecule has 88 valence electrons. The monoisotopic (exact) mass is 222 g/mol. The lowest BCUT2D eigenvalue weighted by atomic mass is 10.0. The summed E-state index contributed by atoms with van der Waals surface area (Å²) in [5.74, 6) is -0.411. The molecule has 1 unspecified atom stereocenters. The molecular weight excluding hydrogens is 204 g/mol. The molecule has 4 nitrogen and oxygen atoms in total. The number of carbonyl (C=O) groups excluding carboxylic acids is 1. The predicted octanol–water partition coefficient (Wildman–Crippen LogP) is 0.0534. The summed E-state index contributed by atoms with van der Waals surface area (Å²) in [7, 11) is 0. The minimum absolute atomic E-state index is 0.411. The quantitative estimate of drug-likeness (QED) is 0.659. The van der Waals surface area contributed by atoms with Crippen LogP contribution >= 0.6 is 0 Å². The number of likely N-dealkylation sites (N-methyl/N-ethyl adjacent to an activating group) is 1. The summed E-state index contributed by atoms with van der Waals surface area (Å²) in [4.78, 5) is 11.3. The first-order valence-corrected chi connectivity index (χ1v) is 5.40. The molecule has 0 spiro atoms. The van der Waals surface area contributed by atoms with Gasteiger partial charge in [-0.15, -0.1) is 0 Å². The standard InChI is InChI=1S/C12H18N2O2/c1-2-14-12(16)11(15)10(13)8-9-6-4-3-5-7-9/h3-7,10-11,15H,2,8,13H2,1H3,(H,14,16)/t10-,11?/m0/s1. The van der Waals surface area contributed by atoms with Crippen molar-refractivity contribution in [1.29, 1.82) is 0 Å². The minimum atomic E-state index is -1.15. The molecule has 0 radical (unpaired) electrons. The Labute approximate surface area is 95.5 Å². The lowest BCUT2D eigenvalue weighted by molar-refractivity contribution is -0.130. The molecule has 0 aliphatic carbocycles. The van der Waals surface area contributed by atoms with E-state index >= 15 is 0 Å². The highest BCUT2D eigenvalue weighted by atomic mass is 16.3. The van der Waals surface area contributed by atoms with Gasteiger partial charge in [0.25, 0.3) is 0 Å². The molecule has 4 N–H and O–H groups in total. The highest BCUT2D eigenvalue weighted by molar-refractivity contribution is 5.81. The lowest BCUT2D eigenvalue weighted by Crippen LogP contribution is -2.47. The maximum Gasteiger partial charge on any atom is 0.250 e. The number of hydrogen-bond acceptors (Lipinski definition) is 3. The van der Waals surface area contributed by atoms with Crippen molar-refractivity contribution in [3.63, 3.8) is 0 Å². The third kappa shape index (κ3) is 3.64. The first-order valence-electron chi connectivity index (χ1n) is 5.40. The summed E-state index contributed by atoms with van der Waals surface area (Å²) in [6, 6.07) is 8.99. The molecule has 0 aliphatic rings. The van der Waals surface area contributed by atoms with Crippen LogP contribution in [0.2, 0.25) is 0 Å². The van der Waals surface area contributed by atoms with E-state index in [1.165, 1.54) is 0 Å². The van der Waals surface area contributed by atoms with Crippen molar-refractivity contribution in [3.05, 3.63) is 35.9 Å². The van der Waals surface area contributed by atoms with Crippen LogP contribution in [0.4, 0.5) is 0 Å². The largest absolute Gasteiger partial charge is 0.382 e. The molecule has 0 saturated carbocycles. The molecule has 4 heteroatoms. The first-order chi connectivity index (χ1) is 7.65. The number of nitrogens with one attached hydrogen (secondary N) is 1. The Balaban J connectivity index is 2.52. The number of aliphatic hydroxyl groups excluding tert-OH is 1. The van der Waals surface area contributed by atoms with E-state index in [1.807, 2.05) is 30.3 Å². The second-order valence-corrected chi connectivity index (χ2v) is 3.69. The van der Waals surface area contributed by atoms with Gasteiger partial charge in [0.2, 0.25) is 5.91 Å². The summed E-state index contributed by atoms with van der Waals surface area (Å²) >= 11 is 0. The van der Waals surface area contributed by atoms with Crippen LogP contribution in [0, 0.1) is 0 Å². The Kier molecular flexibility index (Phi) is 4.95. The lowest BCUT2D eigenvalue weighted by Gasteiger charge is -2.17. The van der Waals surface area contributed by atoms with Crippen LogP contribution in [-0.2, 0) is 11.2 Å². The van der Waals surface area contributed by atoms with Crippen molar-refractivity contribution in [3.8, 4) is 0 Å². The molecule has 0 aliphatic heterocycles. The van der Waals surface area contributed by atoms with E-state index in [2.05, 4.69) is 5.32 Å². The molecule has 0 fully saturated rings. The van der Waals surface area contributed by atoms with E-state index < -0.39 is 18.1 Å². The van der Waals surface area contributed by atoms with E-state index in [0.717, 1.165) is 5.56 Å². The van der Waals surface area contributed by atoms with Crippen LogP contribution in [0.1, 0.15) is 12.5 Å². The molecule has 0 aromatic heterocycles. The number of hydrogen-bond donors (Lipinski definition) is 3. The van der Waals surface area contributed by atoms with Crippen molar-refractivity contribution in [2.75, 3.05) is 6.54 Å². The Hall–Kier alpha value is -1.39. The van der Waals surface area contributed by atoms with Gasteiger partial charge in [0.05, 0.1) is 0 Å². The van der Waals surface area contributed by atoms with Gasteiger partial charge in [0.1, 0.15) is 6.10 Å². The summed E-state index contributed by atoms with van der Waals surface area (Å²) in [6.07, 6.45) is -0.667. The van der Waals surface area contributed by atoms with E-state index in [0.29, 0.717) is 13.0 Å². The highest BCUT2D eigenvalue weighted by Crippen LogP contribution is 2.04. The fourth-order valence-electron chi connectivity index (χ4n) is 1.47. The van der Waals surface area contributed by atoms with Gasteiger partial charge in [-0.05, 0) is 18.9 Å². The van der Waals surface area contributed by atoms with Crippen molar-refractivity contribution in [2.24, 2.45) is 5.73 Å². The van der Waals surface area contributed by atoms with Gasteiger partial charge in [-0.2, -0.15) is 0 Å². The van der Waals surface area contributed by atoms with Gasteiger partial charge in [0, 0.05) is 12.6 Å². The van der Waals surface area contributed by atoms with Crippen LogP contribution in [0.3, 0.4) is 0 Å². The van der Waals surface area contributed by atoms with Crippen molar-refractivity contribution in [1.82, 2.24) is 5.32 Å². The smallest absolute Gasteiger partial charge is 0.250 e. The Bertz CT molecular complexity index is 327. The van der Waals surface area contributed by atoms with Crippen molar-refractivity contribution >= 4 is 5.91 Å². The summed E-state index contributed by atoms with van der Waals surface area (Å²) < 4.78 is 0. The normalized spacial score (nSPS) is 14.2. The maximum atomic E-state index is 11.3. The van der Waals surface area contributed by atoms with Gasteiger partial charge in [-0.25, -0.2) is 0 Å². The zero-order valence-electron chi connectivity index (χ0n) is 9.39. The second-order valence-electron chi connectivity index (χ2n) is 3.69. The number of rotatable bonds is 5. The first kappa shape index (κ1) is 12.7. The summed E-state index contributed by atoms with van der Waals surface area (Å²) in [5.41, 5.74) is 6.78. The Morgan fingerprint density at radius 1 is 1.44 bits per heavy atom. The fourth-order valence-corrected chi connectivity index (χ4v) is 1.47. The Morgan fingerprint density at radius 3 is 2.62 bits per heavy atom. The average Bonchev–Trinajstić information content (AvgIpc) is 2.29. The van der Waals surface area contributed by atoms with Crippen molar-refractivity contribution < 1.29 is 9.90 Å². The van der Waals surface area contributed by atoms with Gasteiger partial charge >= 0.3 is 0 Å². The molecule has 16 heavy (non-hydrogen) atoms. The molecule has 1 aromatic carbocycles. The van der Waals surface area contributed by atoms with Crippen LogP contribution in [0.25, 0.3) is 0 Å². The van der Waals surface area contributed by atoms with Crippen molar-refractivity contribution in [2.45, 2.75) is 25.5 Å². The molecule has 0 heterocycles. The number of benzene rings is 1. The predicted molar refractivity (Wildman–Crippen MR) is 62.8 cm³/mol. The van der Waals surface area contributed by atoms with Gasteiger partial charge in [-0.3, -0.25) is 4.79 Å². The molecule has 0 bridgehead atoms. The van der Waals surface area contributed by atoms with Crippen LogP contribution in [0.15, 0.2) is 30.3 Å². The topological polar surface area (TPSA) is 75.3 Å². The molecule has 2 atom stereocenters. The van der Waals surface area contributed by atoms with E-state index in [4.69, 9.17) is 5.73 Å². The number of carbonyl (C=O) groups is 1.